The van der Waals surface area contributed by atoms with Crippen molar-refractivity contribution >= 4 is 23.5 Å². The normalized spacial score (nSPS) is 26.3. The predicted octanol–water partition coefficient (Wildman–Crippen LogP) is 3.66. The number of nitrogens with one attached hydrogen (secondary N) is 2. The summed E-state index contributed by atoms with van der Waals surface area (Å²) in [5.41, 5.74) is 6.58. The van der Waals surface area contributed by atoms with E-state index in [-0.39, 0.29) is 0 Å². The first kappa shape index (κ1) is 19.4. The molecular formula is C20H32N4OS. The molecule has 1 aromatic rings. The van der Waals surface area contributed by atoms with Crippen molar-refractivity contribution < 1.29 is 4.74 Å². The minimum absolute atomic E-state index is 0.344. The molecular weight excluding hydrogens is 344 g/mol. The van der Waals surface area contributed by atoms with Crippen molar-refractivity contribution in [1.29, 1.82) is 0 Å². The molecule has 0 spiro atoms. The van der Waals surface area contributed by atoms with Crippen LogP contribution >= 0.6 is 12.2 Å². The van der Waals surface area contributed by atoms with Crippen LogP contribution in [0.2, 0.25) is 0 Å². The van der Waals surface area contributed by atoms with E-state index in [9.17, 15) is 0 Å². The molecule has 0 unspecified atom stereocenters. The molecule has 1 saturated heterocycles. The molecule has 2 heterocycles. The lowest BCUT2D eigenvalue weighted by molar-refractivity contribution is 0.0962. The number of aromatic nitrogens is 1. The second-order valence-electron chi connectivity index (χ2n) is 7.78. The number of ether oxygens (including phenoxy) is 1. The molecule has 2 aliphatic rings. The fourth-order valence-electron chi connectivity index (χ4n) is 4.12. The molecule has 2 fully saturated rings. The largest absolute Gasteiger partial charge is 0.376 e. The van der Waals surface area contributed by atoms with Crippen molar-refractivity contribution in [2.45, 2.75) is 78.0 Å². The number of hydrogen-bond donors (Lipinski definition) is 2. The van der Waals surface area contributed by atoms with Gasteiger partial charge in [-0.2, -0.15) is 5.10 Å². The third-order valence-electron chi connectivity index (χ3n) is 5.82. The van der Waals surface area contributed by atoms with E-state index in [1.165, 1.54) is 43.5 Å². The van der Waals surface area contributed by atoms with Crippen LogP contribution in [-0.2, 0) is 11.3 Å². The van der Waals surface area contributed by atoms with Gasteiger partial charge in [0.25, 0.3) is 0 Å². The van der Waals surface area contributed by atoms with Gasteiger partial charge in [-0.1, -0.05) is 19.8 Å². The Labute approximate surface area is 162 Å². The number of hydrazone groups is 1. The first-order chi connectivity index (χ1) is 12.5. The zero-order valence-electron chi connectivity index (χ0n) is 16.3. The summed E-state index contributed by atoms with van der Waals surface area (Å²) in [6.07, 6.45) is 9.62. The molecule has 1 aliphatic heterocycles. The zero-order chi connectivity index (χ0) is 18.5. The van der Waals surface area contributed by atoms with Crippen LogP contribution in [0.15, 0.2) is 11.2 Å². The average Bonchev–Trinajstić information content (AvgIpc) is 3.21. The molecule has 144 valence electrons. The fraction of sp³-hybridized carbons (Fsp3) is 0.700. The maximum atomic E-state index is 5.78. The first-order valence-corrected chi connectivity index (χ1v) is 10.3. The van der Waals surface area contributed by atoms with Crippen molar-refractivity contribution in [1.82, 2.24) is 15.3 Å². The summed E-state index contributed by atoms with van der Waals surface area (Å²) in [5, 5.41) is 8.39. The maximum absolute atomic E-state index is 5.78. The lowest BCUT2D eigenvalue weighted by atomic mass is 9.86. The molecule has 2 N–H and O–H groups in total. The quantitative estimate of drug-likeness (QED) is 0.468. The van der Waals surface area contributed by atoms with Gasteiger partial charge < -0.3 is 14.6 Å². The predicted molar refractivity (Wildman–Crippen MR) is 111 cm³/mol. The molecule has 1 aliphatic carbocycles. The van der Waals surface area contributed by atoms with Gasteiger partial charge in [0.15, 0.2) is 5.11 Å². The van der Waals surface area contributed by atoms with E-state index in [0.29, 0.717) is 23.2 Å². The van der Waals surface area contributed by atoms with E-state index in [0.717, 1.165) is 25.1 Å². The van der Waals surface area contributed by atoms with E-state index in [4.69, 9.17) is 17.0 Å². The molecule has 1 saturated carbocycles. The summed E-state index contributed by atoms with van der Waals surface area (Å²) in [5.74, 6) is 0.671. The van der Waals surface area contributed by atoms with Crippen molar-refractivity contribution in [3.05, 3.63) is 23.0 Å². The van der Waals surface area contributed by atoms with Crippen LogP contribution in [0.4, 0.5) is 0 Å². The minimum atomic E-state index is 0.344. The standard InChI is InChI=1S/C20H32N4OS/c1-14-7-4-5-9-19(14)22-20(26)23-21-12-17-11-15(2)24(16(17)3)13-18-8-6-10-25-18/h11-12,14,18-19H,4-10,13H2,1-3H3,(H2,22,23,26)/b21-12-/t14-,18+,19-/m0/s1. The Hall–Kier alpha value is -1.40. The number of hydrogen-bond acceptors (Lipinski definition) is 3. The Balaban J connectivity index is 1.53. The molecule has 6 heteroatoms. The van der Waals surface area contributed by atoms with Crippen LogP contribution in [0, 0.1) is 19.8 Å². The number of rotatable bonds is 5. The van der Waals surface area contributed by atoms with Gasteiger partial charge in [-0.05, 0) is 63.7 Å². The highest BCUT2D eigenvalue weighted by atomic mass is 32.1. The van der Waals surface area contributed by atoms with Crippen LogP contribution < -0.4 is 10.7 Å². The second kappa shape index (κ2) is 9.00. The Bertz CT molecular complexity index is 648. The smallest absolute Gasteiger partial charge is 0.187 e. The highest BCUT2D eigenvalue weighted by molar-refractivity contribution is 7.80. The average molecular weight is 377 g/mol. The number of nitrogens with zero attached hydrogens (tertiary/aromatic N) is 2. The molecule has 0 bridgehead atoms. The Morgan fingerprint density at radius 1 is 1.31 bits per heavy atom. The van der Waals surface area contributed by atoms with Crippen molar-refractivity contribution in [3.63, 3.8) is 0 Å². The molecule has 3 atom stereocenters. The van der Waals surface area contributed by atoms with Gasteiger partial charge in [0.05, 0.1) is 12.3 Å². The summed E-state index contributed by atoms with van der Waals surface area (Å²) in [7, 11) is 0. The van der Waals surface area contributed by atoms with E-state index >= 15 is 0 Å². The molecule has 0 amide bonds. The number of aryl methyl sites for hydroxylation is 1. The highest BCUT2D eigenvalue weighted by Gasteiger charge is 2.21. The van der Waals surface area contributed by atoms with E-state index < -0.39 is 0 Å². The minimum Gasteiger partial charge on any atom is -0.376 e. The van der Waals surface area contributed by atoms with Crippen molar-refractivity contribution in [2.75, 3.05) is 6.61 Å². The summed E-state index contributed by atoms with van der Waals surface area (Å²) < 4.78 is 8.11. The topological polar surface area (TPSA) is 50.6 Å². The summed E-state index contributed by atoms with van der Waals surface area (Å²) in [6.45, 7) is 8.41. The molecule has 26 heavy (non-hydrogen) atoms. The molecule has 3 rings (SSSR count). The van der Waals surface area contributed by atoms with Crippen molar-refractivity contribution in [2.24, 2.45) is 11.0 Å². The van der Waals surface area contributed by atoms with Gasteiger partial charge in [0.2, 0.25) is 0 Å². The third-order valence-corrected chi connectivity index (χ3v) is 6.03. The van der Waals surface area contributed by atoms with Gasteiger partial charge in [0, 0.05) is 36.1 Å². The van der Waals surface area contributed by atoms with E-state index in [1.807, 2.05) is 6.21 Å². The fourth-order valence-corrected chi connectivity index (χ4v) is 4.33. The number of thiocarbonyl (C=S) groups is 1. The van der Waals surface area contributed by atoms with Gasteiger partial charge >= 0.3 is 0 Å². The van der Waals surface area contributed by atoms with Gasteiger partial charge in [0.1, 0.15) is 0 Å². The lowest BCUT2D eigenvalue weighted by Crippen LogP contribution is -2.44. The SMILES string of the molecule is Cc1cc(/C=N\NC(=S)N[C@H]2CCCC[C@@H]2C)c(C)n1C[C@H]1CCCO1. The molecule has 1 aromatic heterocycles. The molecule has 0 aromatic carbocycles. The Morgan fingerprint density at radius 3 is 2.85 bits per heavy atom. The van der Waals surface area contributed by atoms with Crippen LogP contribution in [0.25, 0.3) is 0 Å². The van der Waals surface area contributed by atoms with Gasteiger partial charge in [-0.25, -0.2) is 0 Å². The van der Waals surface area contributed by atoms with Crippen molar-refractivity contribution in [3.8, 4) is 0 Å². The molecule has 5 nitrogen and oxygen atoms in total. The van der Waals surface area contributed by atoms with Crippen LogP contribution in [0.1, 0.15) is 62.4 Å². The highest BCUT2D eigenvalue weighted by Crippen LogP contribution is 2.23. The van der Waals surface area contributed by atoms with Crippen LogP contribution in [0.3, 0.4) is 0 Å². The second-order valence-corrected chi connectivity index (χ2v) is 8.19. The summed E-state index contributed by atoms with van der Waals surface area (Å²) in [6, 6.07) is 2.64. The third kappa shape index (κ3) is 4.86. The monoisotopic (exact) mass is 376 g/mol. The molecule has 0 radical (unpaired) electrons. The van der Waals surface area contributed by atoms with E-state index in [2.05, 4.69) is 47.2 Å². The Morgan fingerprint density at radius 2 is 2.12 bits per heavy atom. The van der Waals surface area contributed by atoms with Crippen LogP contribution in [0.5, 0.6) is 0 Å². The lowest BCUT2D eigenvalue weighted by Gasteiger charge is -2.30. The van der Waals surface area contributed by atoms with Gasteiger partial charge in [-0.3, -0.25) is 5.43 Å². The summed E-state index contributed by atoms with van der Waals surface area (Å²) in [4.78, 5) is 0. The van der Waals surface area contributed by atoms with Gasteiger partial charge in [-0.15, -0.1) is 0 Å². The zero-order valence-corrected chi connectivity index (χ0v) is 17.1. The Kier molecular flexibility index (Phi) is 6.70. The van der Waals surface area contributed by atoms with E-state index in [1.54, 1.807) is 0 Å². The van der Waals surface area contributed by atoms with Crippen LogP contribution in [-0.4, -0.2) is 34.6 Å². The summed E-state index contributed by atoms with van der Waals surface area (Å²) >= 11 is 5.40. The first-order valence-electron chi connectivity index (χ1n) is 9.92. The maximum Gasteiger partial charge on any atom is 0.187 e.